The second-order valence-corrected chi connectivity index (χ2v) is 9.63. The minimum Gasteiger partial charge on any atom is -0.460 e. The van der Waals surface area contributed by atoms with Crippen molar-refractivity contribution in [1.29, 1.82) is 0 Å². The van der Waals surface area contributed by atoms with Crippen LogP contribution in [-0.2, 0) is 16.1 Å². The van der Waals surface area contributed by atoms with E-state index in [0.717, 1.165) is 18.8 Å². The first kappa shape index (κ1) is 21.3. The number of ether oxygens (including phenoxy) is 1. The van der Waals surface area contributed by atoms with Crippen LogP contribution >= 0.6 is 0 Å². The molecule has 3 rings (SSSR count). The van der Waals surface area contributed by atoms with Crippen molar-refractivity contribution in [3.63, 3.8) is 0 Å². The lowest BCUT2D eigenvalue weighted by molar-refractivity contribution is -0.155. The summed E-state index contributed by atoms with van der Waals surface area (Å²) in [5, 5.41) is 7.52. The Bertz CT molecular complexity index is 613. The summed E-state index contributed by atoms with van der Waals surface area (Å²) in [4.78, 5) is 17.0. The highest BCUT2D eigenvalue weighted by atomic mass is 16.6. The van der Waals surface area contributed by atoms with Gasteiger partial charge in [0.25, 0.3) is 0 Å². The molecule has 6 nitrogen and oxygen atoms in total. The molecule has 0 radical (unpaired) electrons. The zero-order valence-electron chi connectivity index (χ0n) is 17.8. The van der Waals surface area contributed by atoms with E-state index in [0.29, 0.717) is 30.7 Å². The molecular formula is C22H37N3O3. The van der Waals surface area contributed by atoms with Gasteiger partial charge in [-0.3, -0.25) is 4.79 Å². The third-order valence-electron chi connectivity index (χ3n) is 5.68. The summed E-state index contributed by atoms with van der Waals surface area (Å²) < 4.78 is 11.1. The monoisotopic (exact) mass is 391 g/mol. The summed E-state index contributed by atoms with van der Waals surface area (Å²) in [6, 6.07) is 0.606. The molecule has 0 aromatic carbocycles. The van der Waals surface area contributed by atoms with Gasteiger partial charge in [-0.05, 0) is 46.0 Å². The molecule has 2 aliphatic carbocycles. The maximum absolute atomic E-state index is 12.4. The Kier molecular flexibility index (Phi) is 7.49. The third kappa shape index (κ3) is 7.53. The summed E-state index contributed by atoms with van der Waals surface area (Å²) in [6.07, 6.45) is 12.8. The van der Waals surface area contributed by atoms with Crippen LogP contribution in [-0.4, -0.2) is 27.8 Å². The van der Waals surface area contributed by atoms with Gasteiger partial charge in [0.15, 0.2) is 5.82 Å². The molecule has 2 fully saturated rings. The molecule has 1 unspecified atom stereocenters. The molecule has 0 spiro atoms. The van der Waals surface area contributed by atoms with Crippen LogP contribution in [0.2, 0.25) is 0 Å². The van der Waals surface area contributed by atoms with Crippen LogP contribution in [0.3, 0.4) is 0 Å². The van der Waals surface area contributed by atoms with Crippen molar-refractivity contribution in [3.8, 4) is 0 Å². The highest BCUT2D eigenvalue weighted by Gasteiger charge is 2.27. The molecule has 1 atom stereocenters. The molecule has 1 N–H and O–H groups in total. The number of esters is 1. The topological polar surface area (TPSA) is 77.2 Å². The molecule has 0 aliphatic heterocycles. The predicted molar refractivity (Wildman–Crippen MR) is 108 cm³/mol. The SMILES string of the molecule is CC(C)(C)OC(=O)CC(CCCC1CCCCC1)c1nc(CNC2CC2)no1. The molecule has 1 aromatic heterocycles. The fourth-order valence-electron chi connectivity index (χ4n) is 4.05. The summed E-state index contributed by atoms with van der Waals surface area (Å²) in [7, 11) is 0. The van der Waals surface area contributed by atoms with Gasteiger partial charge in [0, 0.05) is 12.0 Å². The smallest absolute Gasteiger partial charge is 0.307 e. The lowest BCUT2D eigenvalue weighted by Gasteiger charge is -2.23. The number of hydrogen-bond acceptors (Lipinski definition) is 6. The highest BCUT2D eigenvalue weighted by molar-refractivity contribution is 5.70. The van der Waals surface area contributed by atoms with E-state index >= 15 is 0 Å². The lowest BCUT2D eigenvalue weighted by Crippen LogP contribution is -2.25. The van der Waals surface area contributed by atoms with Gasteiger partial charge in [0.05, 0.1) is 13.0 Å². The normalized spacial score (nSPS) is 19.5. The Labute approximate surface area is 169 Å². The van der Waals surface area contributed by atoms with Gasteiger partial charge in [-0.15, -0.1) is 0 Å². The Morgan fingerprint density at radius 1 is 1.21 bits per heavy atom. The molecular weight excluding hydrogens is 354 g/mol. The van der Waals surface area contributed by atoms with Crippen molar-refractivity contribution in [2.75, 3.05) is 0 Å². The number of rotatable bonds is 10. The molecule has 1 heterocycles. The number of nitrogens with zero attached hydrogens (tertiary/aromatic N) is 2. The van der Waals surface area contributed by atoms with Gasteiger partial charge in [-0.2, -0.15) is 4.98 Å². The van der Waals surface area contributed by atoms with Crippen molar-refractivity contribution in [3.05, 3.63) is 11.7 Å². The molecule has 0 amide bonds. The third-order valence-corrected chi connectivity index (χ3v) is 5.68. The van der Waals surface area contributed by atoms with Crippen molar-refractivity contribution in [2.24, 2.45) is 5.92 Å². The molecule has 2 saturated carbocycles. The van der Waals surface area contributed by atoms with Gasteiger partial charge < -0.3 is 14.6 Å². The largest absolute Gasteiger partial charge is 0.460 e. The van der Waals surface area contributed by atoms with Crippen LogP contribution < -0.4 is 5.32 Å². The van der Waals surface area contributed by atoms with E-state index in [-0.39, 0.29) is 11.9 Å². The first-order valence-corrected chi connectivity index (χ1v) is 11.2. The van der Waals surface area contributed by atoms with E-state index in [1.165, 1.54) is 51.4 Å². The second-order valence-electron chi connectivity index (χ2n) is 9.63. The van der Waals surface area contributed by atoms with Crippen LogP contribution in [0.4, 0.5) is 0 Å². The predicted octanol–water partition coefficient (Wildman–Crippen LogP) is 4.89. The number of carbonyl (C=O) groups is 1. The molecule has 1 aromatic rings. The molecule has 0 bridgehead atoms. The zero-order chi connectivity index (χ0) is 20.0. The van der Waals surface area contributed by atoms with Crippen molar-refractivity contribution in [2.45, 2.75) is 116 Å². The minimum absolute atomic E-state index is 0.0550. The van der Waals surface area contributed by atoms with Crippen molar-refractivity contribution >= 4 is 5.97 Å². The van der Waals surface area contributed by atoms with Crippen molar-refractivity contribution < 1.29 is 14.1 Å². The van der Waals surface area contributed by atoms with Crippen LogP contribution in [0.5, 0.6) is 0 Å². The van der Waals surface area contributed by atoms with Crippen LogP contribution in [0.15, 0.2) is 4.52 Å². The van der Waals surface area contributed by atoms with E-state index < -0.39 is 5.60 Å². The molecule has 158 valence electrons. The second kappa shape index (κ2) is 9.86. The van der Waals surface area contributed by atoms with E-state index in [4.69, 9.17) is 9.26 Å². The van der Waals surface area contributed by atoms with E-state index in [1.54, 1.807) is 0 Å². The summed E-state index contributed by atoms with van der Waals surface area (Å²) in [5.41, 5.74) is -0.474. The maximum Gasteiger partial charge on any atom is 0.307 e. The van der Waals surface area contributed by atoms with Crippen LogP contribution in [0, 0.1) is 5.92 Å². The fraction of sp³-hybridized carbons (Fsp3) is 0.864. The fourth-order valence-corrected chi connectivity index (χ4v) is 4.05. The number of aromatic nitrogens is 2. The Morgan fingerprint density at radius 2 is 1.96 bits per heavy atom. The Morgan fingerprint density at radius 3 is 2.64 bits per heavy atom. The number of carbonyl (C=O) groups excluding carboxylic acids is 1. The zero-order valence-corrected chi connectivity index (χ0v) is 17.8. The maximum atomic E-state index is 12.4. The van der Waals surface area contributed by atoms with Gasteiger partial charge in [0.1, 0.15) is 5.60 Å². The average molecular weight is 392 g/mol. The van der Waals surface area contributed by atoms with E-state index in [2.05, 4.69) is 15.5 Å². The molecule has 6 heteroatoms. The standard InChI is InChI=1S/C22H37N3O3/c1-22(2,3)27-20(26)14-17(11-7-10-16-8-5-4-6-9-16)21-24-19(25-28-21)15-23-18-12-13-18/h16-18,23H,4-15H2,1-3H3. The van der Waals surface area contributed by atoms with Gasteiger partial charge in [-0.1, -0.05) is 50.1 Å². The molecule has 28 heavy (non-hydrogen) atoms. The first-order valence-electron chi connectivity index (χ1n) is 11.2. The summed E-state index contributed by atoms with van der Waals surface area (Å²) in [5.74, 6) is 1.87. The minimum atomic E-state index is -0.474. The van der Waals surface area contributed by atoms with Gasteiger partial charge >= 0.3 is 5.97 Å². The van der Waals surface area contributed by atoms with Crippen molar-refractivity contribution in [1.82, 2.24) is 15.5 Å². The molecule has 2 aliphatic rings. The van der Waals surface area contributed by atoms with Crippen LogP contribution in [0.25, 0.3) is 0 Å². The first-order chi connectivity index (χ1) is 13.4. The van der Waals surface area contributed by atoms with Gasteiger partial charge in [-0.25, -0.2) is 0 Å². The van der Waals surface area contributed by atoms with Crippen LogP contribution in [0.1, 0.15) is 109 Å². The summed E-state index contributed by atoms with van der Waals surface area (Å²) >= 11 is 0. The Balaban J connectivity index is 1.55. The summed E-state index contributed by atoms with van der Waals surface area (Å²) in [6.45, 7) is 6.33. The van der Waals surface area contributed by atoms with E-state index in [1.807, 2.05) is 20.8 Å². The molecule has 0 saturated heterocycles. The average Bonchev–Trinajstić information content (AvgIpc) is 3.34. The quantitative estimate of drug-likeness (QED) is 0.572. The number of hydrogen-bond donors (Lipinski definition) is 1. The number of nitrogens with one attached hydrogen (secondary N) is 1. The highest BCUT2D eigenvalue weighted by Crippen LogP contribution is 2.31. The van der Waals surface area contributed by atoms with E-state index in [9.17, 15) is 4.79 Å². The van der Waals surface area contributed by atoms with Gasteiger partial charge in [0.2, 0.25) is 5.89 Å². The Hall–Kier alpha value is -1.43. The lowest BCUT2D eigenvalue weighted by atomic mass is 9.84.